The Labute approximate surface area is 104 Å². The number of aromatic nitrogens is 1. The minimum atomic E-state index is 0.0691. The van der Waals surface area contributed by atoms with E-state index in [0.717, 1.165) is 18.7 Å². The molecule has 1 rings (SSSR count). The quantitative estimate of drug-likeness (QED) is 0.788. The van der Waals surface area contributed by atoms with Crippen LogP contribution in [0.1, 0.15) is 46.5 Å². The average Bonchev–Trinajstić information content (AvgIpc) is 2.36. The first kappa shape index (κ1) is 13.8. The third kappa shape index (κ3) is 4.25. The Morgan fingerprint density at radius 3 is 2.65 bits per heavy atom. The van der Waals surface area contributed by atoms with Crippen molar-refractivity contribution in [1.82, 2.24) is 4.57 Å². The van der Waals surface area contributed by atoms with Gasteiger partial charge < -0.3 is 9.88 Å². The maximum absolute atomic E-state index is 11.5. The zero-order valence-electron chi connectivity index (χ0n) is 11.2. The van der Waals surface area contributed by atoms with E-state index >= 15 is 0 Å². The number of aryl methyl sites for hydroxylation is 1. The predicted molar refractivity (Wildman–Crippen MR) is 73.6 cm³/mol. The minimum Gasteiger partial charge on any atom is -0.381 e. The molecule has 96 valence electrons. The molecule has 17 heavy (non-hydrogen) atoms. The molecule has 0 radical (unpaired) electrons. The number of nitrogens with one attached hydrogen (secondary N) is 1. The summed E-state index contributed by atoms with van der Waals surface area (Å²) in [4.78, 5) is 11.5. The van der Waals surface area contributed by atoms with Gasteiger partial charge in [-0.05, 0) is 25.8 Å². The van der Waals surface area contributed by atoms with Crippen LogP contribution in [0.25, 0.3) is 0 Å². The minimum absolute atomic E-state index is 0.0691. The number of hydrogen-bond acceptors (Lipinski definition) is 2. The molecule has 1 atom stereocenters. The van der Waals surface area contributed by atoms with Gasteiger partial charge in [-0.1, -0.05) is 26.7 Å². The highest BCUT2D eigenvalue weighted by atomic mass is 16.1. The third-order valence-electron chi connectivity index (χ3n) is 3.09. The molecule has 3 nitrogen and oxygen atoms in total. The van der Waals surface area contributed by atoms with Crippen LogP contribution in [-0.2, 0) is 6.54 Å². The van der Waals surface area contributed by atoms with Crippen molar-refractivity contribution < 1.29 is 0 Å². The maximum atomic E-state index is 11.5. The van der Waals surface area contributed by atoms with Crippen LogP contribution in [0, 0.1) is 0 Å². The number of hydrogen-bond donors (Lipinski definition) is 1. The van der Waals surface area contributed by atoms with Gasteiger partial charge in [-0.2, -0.15) is 0 Å². The second kappa shape index (κ2) is 7.15. The summed E-state index contributed by atoms with van der Waals surface area (Å²) in [6.07, 6.45) is 6.70. The van der Waals surface area contributed by atoms with Crippen molar-refractivity contribution in [3.8, 4) is 0 Å². The van der Waals surface area contributed by atoms with E-state index in [2.05, 4.69) is 19.2 Å². The largest absolute Gasteiger partial charge is 0.381 e. The van der Waals surface area contributed by atoms with E-state index in [4.69, 9.17) is 0 Å². The van der Waals surface area contributed by atoms with Gasteiger partial charge in [0.15, 0.2) is 0 Å². The molecule has 3 heteroatoms. The van der Waals surface area contributed by atoms with Gasteiger partial charge in [-0.25, -0.2) is 0 Å². The molecule has 0 aromatic carbocycles. The summed E-state index contributed by atoms with van der Waals surface area (Å²) in [6, 6.07) is 4.03. The Balaban J connectivity index is 2.69. The van der Waals surface area contributed by atoms with Gasteiger partial charge in [0, 0.05) is 24.8 Å². The smallest absolute Gasteiger partial charge is 0.250 e. The molecular formula is C14H24N2O. The lowest BCUT2D eigenvalue weighted by Crippen LogP contribution is -2.22. The van der Waals surface area contributed by atoms with Crippen molar-refractivity contribution in [2.75, 3.05) is 5.32 Å². The van der Waals surface area contributed by atoms with Crippen molar-refractivity contribution >= 4 is 5.69 Å². The summed E-state index contributed by atoms with van der Waals surface area (Å²) in [5.41, 5.74) is 1.12. The lowest BCUT2D eigenvalue weighted by molar-refractivity contribution is 0.592. The second-order valence-electron chi connectivity index (χ2n) is 4.43. The lowest BCUT2D eigenvalue weighted by atomic mass is 10.1. The highest BCUT2D eigenvalue weighted by Crippen LogP contribution is 2.12. The van der Waals surface area contributed by atoms with Gasteiger partial charge in [0.25, 0.3) is 5.56 Å². The number of rotatable bonds is 7. The highest BCUT2D eigenvalue weighted by molar-refractivity contribution is 5.41. The topological polar surface area (TPSA) is 34.0 Å². The standard InChI is InChI=1S/C14H24N2O/c1-4-7-8-12(5-2)15-13-9-10-14(17)16(6-3)11-13/h9-12,15H,4-8H2,1-3H3. The Kier molecular flexibility index (Phi) is 5.81. The normalized spacial score (nSPS) is 12.4. The SMILES string of the molecule is CCCCC(CC)Nc1ccc(=O)n(CC)c1. The summed E-state index contributed by atoms with van der Waals surface area (Å²) in [5, 5.41) is 3.51. The molecule has 0 bridgehead atoms. The van der Waals surface area contributed by atoms with Gasteiger partial charge in [0.2, 0.25) is 0 Å². The fraction of sp³-hybridized carbons (Fsp3) is 0.643. The fourth-order valence-electron chi connectivity index (χ4n) is 1.93. The molecule has 0 aliphatic carbocycles. The number of pyridine rings is 1. The molecule has 1 aromatic rings. The van der Waals surface area contributed by atoms with Crippen LogP contribution in [0.3, 0.4) is 0 Å². The fourth-order valence-corrected chi connectivity index (χ4v) is 1.93. The van der Waals surface area contributed by atoms with Crippen molar-refractivity contribution in [3.63, 3.8) is 0 Å². The Morgan fingerprint density at radius 1 is 1.29 bits per heavy atom. The lowest BCUT2D eigenvalue weighted by Gasteiger charge is -2.18. The summed E-state index contributed by atoms with van der Waals surface area (Å²) in [5.74, 6) is 0. The van der Waals surface area contributed by atoms with Gasteiger partial charge in [0.05, 0.1) is 5.69 Å². The summed E-state index contributed by atoms with van der Waals surface area (Å²) in [7, 11) is 0. The molecule has 1 unspecified atom stereocenters. The molecule has 0 aliphatic rings. The molecule has 1 N–H and O–H groups in total. The van der Waals surface area contributed by atoms with E-state index in [0.29, 0.717) is 6.04 Å². The zero-order chi connectivity index (χ0) is 12.7. The van der Waals surface area contributed by atoms with Crippen LogP contribution in [0.4, 0.5) is 5.69 Å². The van der Waals surface area contributed by atoms with E-state index in [-0.39, 0.29) is 5.56 Å². The molecule has 0 amide bonds. The van der Waals surface area contributed by atoms with Crippen LogP contribution in [-0.4, -0.2) is 10.6 Å². The molecule has 0 saturated carbocycles. The molecule has 1 heterocycles. The van der Waals surface area contributed by atoms with E-state index in [1.807, 2.05) is 19.2 Å². The first-order chi connectivity index (χ1) is 8.21. The van der Waals surface area contributed by atoms with Crippen LogP contribution in [0.15, 0.2) is 23.1 Å². The first-order valence-electron chi connectivity index (χ1n) is 6.68. The average molecular weight is 236 g/mol. The molecule has 0 aliphatic heterocycles. The Morgan fingerprint density at radius 2 is 2.06 bits per heavy atom. The van der Waals surface area contributed by atoms with Gasteiger partial charge in [-0.3, -0.25) is 4.79 Å². The van der Waals surface area contributed by atoms with Crippen molar-refractivity contribution in [2.24, 2.45) is 0 Å². The van der Waals surface area contributed by atoms with E-state index in [9.17, 15) is 4.79 Å². The van der Waals surface area contributed by atoms with E-state index in [1.54, 1.807) is 10.6 Å². The predicted octanol–water partition coefficient (Wildman–Crippen LogP) is 3.25. The molecule has 1 aromatic heterocycles. The van der Waals surface area contributed by atoms with Gasteiger partial charge in [0.1, 0.15) is 0 Å². The van der Waals surface area contributed by atoms with Crippen LogP contribution < -0.4 is 10.9 Å². The molecule has 0 saturated heterocycles. The van der Waals surface area contributed by atoms with Crippen LogP contribution in [0.2, 0.25) is 0 Å². The Hall–Kier alpha value is -1.25. The van der Waals surface area contributed by atoms with Gasteiger partial charge in [-0.15, -0.1) is 0 Å². The van der Waals surface area contributed by atoms with Gasteiger partial charge >= 0.3 is 0 Å². The third-order valence-corrected chi connectivity index (χ3v) is 3.09. The van der Waals surface area contributed by atoms with Crippen molar-refractivity contribution in [1.29, 1.82) is 0 Å². The molecule has 0 fully saturated rings. The molecular weight excluding hydrogens is 212 g/mol. The monoisotopic (exact) mass is 236 g/mol. The van der Waals surface area contributed by atoms with E-state index < -0.39 is 0 Å². The summed E-state index contributed by atoms with van der Waals surface area (Å²) >= 11 is 0. The number of anilines is 1. The second-order valence-corrected chi connectivity index (χ2v) is 4.43. The van der Waals surface area contributed by atoms with Crippen molar-refractivity contribution in [2.45, 2.75) is 59.0 Å². The number of nitrogens with zero attached hydrogens (tertiary/aromatic N) is 1. The number of unbranched alkanes of at least 4 members (excludes halogenated alkanes) is 1. The molecule has 0 spiro atoms. The Bertz CT molecular complexity index is 384. The summed E-state index contributed by atoms with van der Waals surface area (Å²) < 4.78 is 1.73. The van der Waals surface area contributed by atoms with Crippen LogP contribution >= 0.6 is 0 Å². The van der Waals surface area contributed by atoms with Crippen LogP contribution in [0.5, 0.6) is 0 Å². The zero-order valence-corrected chi connectivity index (χ0v) is 11.2. The highest BCUT2D eigenvalue weighted by Gasteiger charge is 2.06. The first-order valence-corrected chi connectivity index (χ1v) is 6.68. The van der Waals surface area contributed by atoms with E-state index in [1.165, 1.54) is 19.3 Å². The maximum Gasteiger partial charge on any atom is 0.250 e. The summed E-state index contributed by atoms with van der Waals surface area (Å²) in [6.45, 7) is 7.12. The van der Waals surface area contributed by atoms with Crippen molar-refractivity contribution in [3.05, 3.63) is 28.7 Å².